The molecule has 0 aliphatic carbocycles. The van der Waals surface area contributed by atoms with Gasteiger partial charge in [0, 0.05) is 20.1 Å². The van der Waals surface area contributed by atoms with Gasteiger partial charge in [0.25, 0.3) is 0 Å². The second kappa shape index (κ2) is 6.86. The van der Waals surface area contributed by atoms with Gasteiger partial charge in [-0.2, -0.15) is 5.10 Å². The fourth-order valence-electron chi connectivity index (χ4n) is 2.81. The van der Waals surface area contributed by atoms with Gasteiger partial charge < -0.3 is 15.7 Å². The number of aliphatic imine (C=N–C) groups is 1. The third-order valence-corrected chi connectivity index (χ3v) is 3.99. The predicted octanol–water partition coefficient (Wildman–Crippen LogP) is 1.63. The van der Waals surface area contributed by atoms with Gasteiger partial charge in [-0.25, -0.2) is 14.1 Å². The Bertz CT molecular complexity index is 757. The Morgan fingerprint density at radius 3 is 3.08 bits per heavy atom. The highest BCUT2D eigenvalue weighted by Gasteiger charge is 2.24. The Labute approximate surface area is 139 Å². The van der Waals surface area contributed by atoms with E-state index in [0.717, 1.165) is 36.6 Å². The van der Waals surface area contributed by atoms with Gasteiger partial charge in [-0.3, -0.25) is 4.99 Å². The second-order valence-corrected chi connectivity index (χ2v) is 5.79. The van der Waals surface area contributed by atoms with Crippen molar-refractivity contribution >= 4 is 5.96 Å². The summed E-state index contributed by atoms with van der Waals surface area (Å²) in [5, 5.41) is 20.1. The minimum atomic E-state index is -0.631. The molecular weight excluding hydrogens is 311 g/mol. The van der Waals surface area contributed by atoms with Crippen molar-refractivity contribution in [2.75, 3.05) is 7.05 Å². The van der Waals surface area contributed by atoms with Crippen LogP contribution in [0.15, 0.2) is 23.2 Å². The van der Waals surface area contributed by atoms with Crippen molar-refractivity contribution in [1.29, 1.82) is 0 Å². The van der Waals surface area contributed by atoms with E-state index in [2.05, 4.69) is 25.7 Å². The Balaban J connectivity index is 1.64. The second-order valence-electron chi connectivity index (χ2n) is 5.79. The van der Waals surface area contributed by atoms with Crippen LogP contribution in [0.3, 0.4) is 0 Å². The van der Waals surface area contributed by atoms with E-state index >= 15 is 0 Å². The first-order valence-electron chi connectivity index (χ1n) is 7.92. The number of halogens is 1. The molecule has 3 N–H and O–H groups in total. The number of rotatable bonds is 3. The molecule has 0 bridgehead atoms. The standard InChI is InChI=1S/C16H21FN6O/c1-10-20-15-13(4-3-7-23(15)22-10)21-16(18-2)19-9-11-5-6-14(24)12(17)8-11/h5-6,8,13,24H,3-4,7,9H2,1-2H3,(H2,18,19,21). The van der Waals surface area contributed by atoms with Gasteiger partial charge in [-0.1, -0.05) is 6.07 Å². The first kappa shape index (κ1) is 16.2. The number of benzene rings is 1. The Kier molecular flexibility index (Phi) is 4.64. The molecule has 1 aromatic heterocycles. The fourth-order valence-corrected chi connectivity index (χ4v) is 2.81. The van der Waals surface area contributed by atoms with Gasteiger partial charge in [0.05, 0.1) is 6.04 Å². The van der Waals surface area contributed by atoms with Gasteiger partial charge in [-0.05, 0) is 37.5 Å². The van der Waals surface area contributed by atoms with E-state index in [1.807, 2.05) is 11.6 Å². The largest absolute Gasteiger partial charge is 0.505 e. The van der Waals surface area contributed by atoms with Crippen LogP contribution in [0.5, 0.6) is 5.75 Å². The number of phenols is 1. The maximum atomic E-state index is 13.4. The number of nitrogens with zero attached hydrogens (tertiary/aromatic N) is 4. The monoisotopic (exact) mass is 332 g/mol. The summed E-state index contributed by atoms with van der Waals surface area (Å²) >= 11 is 0. The molecular formula is C16H21FN6O. The molecule has 8 heteroatoms. The fraction of sp³-hybridized carbons (Fsp3) is 0.438. The molecule has 1 aromatic carbocycles. The van der Waals surface area contributed by atoms with Crippen molar-refractivity contribution in [3.8, 4) is 5.75 Å². The summed E-state index contributed by atoms with van der Waals surface area (Å²) in [7, 11) is 1.69. The average Bonchev–Trinajstić information content (AvgIpc) is 2.95. The van der Waals surface area contributed by atoms with E-state index in [0.29, 0.717) is 12.5 Å². The summed E-state index contributed by atoms with van der Waals surface area (Å²) in [5.41, 5.74) is 0.718. The molecule has 0 fully saturated rings. The smallest absolute Gasteiger partial charge is 0.191 e. The molecule has 0 amide bonds. The third kappa shape index (κ3) is 3.47. The van der Waals surface area contributed by atoms with Crippen LogP contribution in [0.2, 0.25) is 0 Å². The van der Waals surface area contributed by atoms with Crippen LogP contribution in [0, 0.1) is 12.7 Å². The summed E-state index contributed by atoms with van der Waals surface area (Å²) in [6.45, 7) is 3.16. The van der Waals surface area contributed by atoms with Crippen LogP contribution in [-0.4, -0.2) is 32.9 Å². The number of fused-ring (bicyclic) bond motifs is 1. The maximum absolute atomic E-state index is 13.4. The molecule has 2 heterocycles. The van der Waals surface area contributed by atoms with E-state index in [1.165, 1.54) is 12.1 Å². The van der Waals surface area contributed by atoms with Gasteiger partial charge in [0.1, 0.15) is 11.6 Å². The Morgan fingerprint density at radius 1 is 1.50 bits per heavy atom. The van der Waals surface area contributed by atoms with E-state index < -0.39 is 5.82 Å². The highest BCUT2D eigenvalue weighted by atomic mass is 19.1. The van der Waals surface area contributed by atoms with Crippen LogP contribution in [0.1, 0.15) is 36.1 Å². The number of nitrogens with one attached hydrogen (secondary N) is 2. The van der Waals surface area contributed by atoms with Crippen LogP contribution in [0.25, 0.3) is 0 Å². The molecule has 0 saturated carbocycles. The van der Waals surface area contributed by atoms with Crippen molar-refractivity contribution in [3.05, 3.63) is 41.2 Å². The molecule has 3 rings (SSSR count). The van der Waals surface area contributed by atoms with Crippen molar-refractivity contribution in [1.82, 2.24) is 25.4 Å². The molecule has 7 nitrogen and oxygen atoms in total. The summed E-state index contributed by atoms with van der Waals surface area (Å²) in [6.07, 6.45) is 1.97. The molecule has 0 saturated heterocycles. The van der Waals surface area contributed by atoms with Crippen LogP contribution >= 0.6 is 0 Å². The van der Waals surface area contributed by atoms with Gasteiger partial charge in [0.2, 0.25) is 0 Å². The van der Waals surface area contributed by atoms with Crippen molar-refractivity contribution in [3.63, 3.8) is 0 Å². The van der Waals surface area contributed by atoms with Crippen LogP contribution in [-0.2, 0) is 13.1 Å². The predicted molar refractivity (Wildman–Crippen MR) is 88.1 cm³/mol. The molecule has 1 unspecified atom stereocenters. The zero-order chi connectivity index (χ0) is 17.1. The lowest BCUT2D eigenvalue weighted by Gasteiger charge is -2.25. The average molecular weight is 332 g/mol. The molecule has 2 aromatic rings. The number of aromatic hydroxyl groups is 1. The minimum absolute atomic E-state index is 0.0442. The topological polar surface area (TPSA) is 87.4 Å². The molecule has 1 aliphatic heterocycles. The number of hydrogen-bond donors (Lipinski definition) is 3. The third-order valence-electron chi connectivity index (χ3n) is 3.99. The summed E-state index contributed by atoms with van der Waals surface area (Å²) in [4.78, 5) is 8.70. The number of aryl methyl sites for hydroxylation is 2. The first-order valence-corrected chi connectivity index (χ1v) is 7.92. The van der Waals surface area contributed by atoms with E-state index in [-0.39, 0.29) is 11.8 Å². The van der Waals surface area contributed by atoms with Gasteiger partial charge in [0.15, 0.2) is 17.5 Å². The van der Waals surface area contributed by atoms with E-state index in [9.17, 15) is 9.50 Å². The minimum Gasteiger partial charge on any atom is -0.505 e. The molecule has 0 spiro atoms. The quantitative estimate of drug-likeness (QED) is 0.587. The summed E-state index contributed by atoms with van der Waals surface area (Å²) in [6, 6.07) is 4.35. The summed E-state index contributed by atoms with van der Waals surface area (Å²) < 4.78 is 15.3. The molecule has 0 radical (unpaired) electrons. The first-order chi connectivity index (χ1) is 11.6. The maximum Gasteiger partial charge on any atom is 0.191 e. The van der Waals surface area contributed by atoms with Crippen LogP contribution < -0.4 is 10.6 Å². The van der Waals surface area contributed by atoms with Crippen molar-refractivity contribution < 1.29 is 9.50 Å². The molecule has 128 valence electrons. The Hall–Kier alpha value is -2.64. The highest BCUT2D eigenvalue weighted by molar-refractivity contribution is 5.80. The zero-order valence-corrected chi connectivity index (χ0v) is 13.8. The molecule has 1 aliphatic rings. The number of hydrogen-bond acceptors (Lipinski definition) is 4. The lowest BCUT2D eigenvalue weighted by molar-refractivity contribution is 0.397. The number of phenolic OH excluding ortho intramolecular Hbond substituents is 1. The molecule has 24 heavy (non-hydrogen) atoms. The number of aromatic nitrogens is 3. The lowest BCUT2D eigenvalue weighted by atomic mass is 10.1. The van der Waals surface area contributed by atoms with Crippen LogP contribution in [0.4, 0.5) is 4.39 Å². The number of guanidine groups is 1. The van der Waals surface area contributed by atoms with E-state index in [4.69, 9.17) is 0 Å². The summed E-state index contributed by atoms with van der Waals surface area (Å²) in [5.74, 6) is 1.31. The van der Waals surface area contributed by atoms with E-state index in [1.54, 1.807) is 13.1 Å². The zero-order valence-electron chi connectivity index (χ0n) is 13.8. The normalized spacial score (nSPS) is 17.5. The van der Waals surface area contributed by atoms with Crippen molar-refractivity contribution in [2.24, 2.45) is 4.99 Å². The SMILES string of the molecule is CN=C(NCc1ccc(O)c(F)c1)NC1CCCn2nc(C)nc21. The lowest BCUT2D eigenvalue weighted by Crippen LogP contribution is -2.41. The highest BCUT2D eigenvalue weighted by Crippen LogP contribution is 2.22. The van der Waals surface area contributed by atoms with Crippen molar-refractivity contribution in [2.45, 2.75) is 38.9 Å². The van der Waals surface area contributed by atoms with Gasteiger partial charge in [-0.15, -0.1) is 0 Å². The molecule has 1 atom stereocenters. The van der Waals surface area contributed by atoms with Gasteiger partial charge >= 0.3 is 0 Å². The Morgan fingerprint density at radius 2 is 2.33 bits per heavy atom.